The zero-order valence-electron chi connectivity index (χ0n) is 5.84. The van der Waals surface area contributed by atoms with Gasteiger partial charge in [0.15, 0.2) is 0 Å². The lowest BCUT2D eigenvalue weighted by Gasteiger charge is -2.02. The molecular weight excluding hydrogens is 201 g/mol. The molecule has 5 heteroatoms. The van der Waals surface area contributed by atoms with Gasteiger partial charge < -0.3 is 10.8 Å². The maximum absolute atomic E-state index is 10.7. The topological polar surface area (TPSA) is 63.3 Å². The average Bonchev–Trinajstić information content (AvgIpc) is 2.00. The van der Waals surface area contributed by atoms with Gasteiger partial charge in [0.05, 0.1) is 10.6 Å². The van der Waals surface area contributed by atoms with Crippen LogP contribution in [0.1, 0.15) is 10.4 Å². The number of aromatic hydroxyl groups is 1. The van der Waals surface area contributed by atoms with Gasteiger partial charge in [-0.1, -0.05) is 23.2 Å². The largest absolute Gasteiger partial charge is 0.506 e. The number of hydrogen-bond donors (Lipinski definition) is 2. The van der Waals surface area contributed by atoms with Crippen LogP contribution in [0, 0.1) is 0 Å². The molecule has 1 amide bonds. The molecule has 0 heterocycles. The minimum atomic E-state index is -0.679. The molecule has 0 radical (unpaired) electrons. The van der Waals surface area contributed by atoms with E-state index in [1.54, 1.807) is 0 Å². The van der Waals surface area contributed by atoms with Crippen molar-refractivity contribution >= 4 is 29.1 Å². The third kappa shape index (κ3) is 1.47. The molecule has 1 aromatic rings. The lowest BCUT2D eigenvalue weighted by atomic mass is 10.2. The highest BCUT2D eigenvalue weighted by atomic mass is 35.5. The summed E-state index contributed by atoms with van der Waals surface area (Å²) in [5, 5.41) is 8.95. The van der Waals surface area contributed by atoms with Crippen LogP contribution in [-0.4, -0.2) is 11.0 Å². The predicted molar refractivity (Wildman–Crippen MR) is 46.6 cm³/mol. The summed E-state index contributed by atoms with van der Waals surface area (Å²) in [5.41, 5.74) is 5.07. The summed E-state index contributed by atoms with van der Waals surface area (Å²) in [6.45, 7) is 0. The summed E-state index contributed by atoms with van der Waals surface area (Å²) in [6, 6.07) is 2.57. The molecule has 3 N–H and O–H groups in total. The molecule has 0 saturated heterocycles. The first-order valence-electron chi connectivity index (χ1n) is 3.01. The Labute approximate surface area is 78.7 Å². The lowest BCUT2D eigenvalue weighted by molar-refractivity contribution is 0.100. The standard InChI is InChI=1S/C7H5Cl2NO2/c8-5-3(7(10)12)1-2-4(11)6(5)9/h1-2,11H,(H2,10,12). The van der Waals surface area contributed by atoms with Crippen LogP contribution in [0.25, 0.3) is 0 Å². The van der Waals surface area contributed by atoms with Crippen molar-refractivity contribution in [1.29, 1.82) is 0 Å². The number of carbonyl (C=O) groups excluding carboxylic acids is 1. The van der Waals surface area contributed by atoms with Gasteiger partial charge in [0.25, 0.3) is 0 Å². The van der Waals surface area contributed by atoms with E-state index < -0.39 is 5.91 Å². The van der Waals surface area contributed by atoms with Gasteiger partial charge in [0.2, 0.25) is 5.91 Å². The first-order valence-corrected chi connectivity index (χ1v) is 3.76. The van der Waals surface area contributed by atoms with Gasteiger partial charge >= 0.3 is 0 Å². The van der Waals surface area contributed by atoms with Crippen molar-refractivity contribution in [2.24, 2.45) is 5.73 Å². The summed E-state index contributed by atoms with van der Waals surface area (Å²) in [5.74, 6) is -0.853. The molecule has 1 rings (SSSR count). The van der Waals surface area contributed by atoms with E-state index in [0.717, 1.165) is 0 Å². The van der Waals surface area contributed by atoms with Crippen LogP contribution in [0.4, 0.5) is 0 Å². The second kappa shape index (κ2) is 3.21. The van der Waals surface area contributed by atoms with E-state index in [1.165, 1.54) is 12.1 Å². The number of halogens is 2. The Morgan fingerprint density at radius 3 is 2.42 bits per heavy atom. The van der Waals surface area contributed by atoms with E-state index in [2.05, 4.69) is 0 Å². The highest BCUT2D eigenvalue weighted by Gasteiger charge is 2.12. The molecule has 0 saturated carbocycles. The van der Waals surface area contributed by atoms with Crippen molar-refractivity contribution in [2.45, 2.75) is 0 Å². The molecule has 64 valence electrons. The van der Waals surface area contributed by atoms with Crippen LogP contribution >= 0.6 is 23.2 Å². The van der Waals surface area contributed by atoms with Crippen molar-refractivity contribution in [3.05, 3.63) is 27.7 Å². The number of phenolic OH excluding ortho intramolecular Hbond substituents is 1. The van der Waals surface area contributed by atoms with Crippen LogP contribution in [0.3, 0.4) is 0 Å². The fourth-order valence-corrected chi connectivity index (χ4v) is 1.15. The molecular formula is C7H5Cl2NO2. The van der Waals surface area contributed by atoms with Gasteiger partial charge in [0.1, 0.15) is 10.8 Å². The quantitative estimate of drug-likeness (QED) is 0.735. The Kier molecular flexibility index (Phi) is 2.45. The maximum Gasteiger partial charge on any atom is 0.250 e. The smallest absolute Gasteiger partial charge is 0.250 e. The van der Waals surface area contributed by atoms with Gasteiger partial charge in [-0.05, 0) is 12.1 Å². The number of nitrogens with two attached hydrogens (primary N) is 1. The molecule has 0 bridgehead atoms. The van der Waals surface area contributed by atoms with E-state index in [1.807, 2.05) is 0 Å². The van der Waals surface area contributed by atoms with Crippen LogP contribution in [0.15, 0.2) is 12.1 Å². The second-order valence-corrected chi connectivity index (χ2v) is 2.88. The Morgan fingerprint density at radius 2 is 1.92 bits per heavy atom. The van der Waals surface area contributed by atoms with E-state index in [0.29, 0.717) is 0 Å². The van der Waals surface area contributed by atoms with E-state index in [-0.39, 0.29) is 21.4 Å². The number of phenols is 1. The van der Waals surface area contributed by atoms with Gasteiger partial charge in [0, 0.05) is 0 Å². The summed E-state index contributed by atoms with van der Waals surface area (Å²) in [6.07, 6.45) is 0. The van der Waals surface area contributed by atoms with E-state index in [9.17, 15) is 4.79 Å². The number of primary amides is 1. The molecule has 0 aliphatic heterocycles. The van der Waals surface area contributed by atoms with Gasteiger partial charge in [-0.25, -0.2) is 0 Å². The molecule has 1 aromatic carbocycles. The molecule has 3 nitrogen and oxygen atoms in total. The van der Waals surface area contributed by atoms with Gasteiger partial charge in [-0.15, -0.1) is 0 Å². The van der Waals surface area contributed by atoms with E-state index >= 15 is 0 Å². The molecule has 0 aliphatic rings. The second-order valence-electron chi connectivity index (χ2n) is 2.12. The SMILES string of the molecule is NC(=O)c1ccc(O)c(Cl)c1Cl. The van der Waals surface area contributed by atoms with Crippen LogP contribution in [-0.2, 0) is 0 Å². The fourth-order valence-electron chi connectivity index (χ4n) is 0.730. The molecule has 12 heavy (non-hydrogen) atoms. The van der Waals surface area contributed by atoms with Crippen molar-refractivity contribution in [1.82, 2.24) is 0 Å². The molecule has 0 atom stereocenters. The van der Waals surface area contributed by atoms with Gasteiger partial charge in [-0.3, -0.25) is 4.79 Å². The highest BCUT2D eigenvalue weighted by Crippen LogP contribution is 2.33. The maximum atomic E-state index is 10.7. The van der Waals surface area contributed by atoms with E-state index in [4.69, 9.17) is 34.0 Å². The Morgan fingerprint density at radius 1 is 1.33 bits per heavy atom. The zero-order valence-corrected chi connectivity index (χ0v) is 7.36. The molecule has 0 fully saturated rings. The Hall–Kier alpha value is -0.930. The summed E-state index contributed by atoms with van der Waals surface area (Å²) in [7, 11) is 0. The fraction of sp³-hybridized carbons (Fsp3) is 0. The lowest BCUT2D eigenvalue weighted by Crippen LogP contribution is -2.11. The van der Waals surface area contributed by atoms with Crippen molar-refractivity contribution in [3.8, 4) is 5.75 Å². The molecule has 0 aromatic heterocycles. The monoisotopic (exact) mass is 205 g/mol. The number of carbonyl (C=O) groups is 1. The average molecular weight is 206 g/mol. The number of rotatable bonds is 1. The van der Waals surface area contributed by atoms with Crippen LogP contribution < -0.4 is 5.73 Å². The van der Waals surface area contributed by atoms with Crippen LogP contribution in [0.5, 0.6) is 5.75 Å². The minimum Gasteiger partial charge on any atom is -0.506 e. The third-order valence-electron chi connectivity index (χ3n) is 1.33. The zero-order chi connectivity index (χ0) is 9.30. The van der Waals surface area contributed by atoms with Gasteiger partial charge in [-0.2, -0.15) is 0 Å². The van der Waals surface area contributed by atoms with Crippen LogP contribution in [0.2, 0.25) is 10.0 Å². The van der Waals surface area contributed by atoms with Crippen molar-refractivity contribution in [2.75, 3.05) is 0 Å². The van der Waals surface area contributed by atoms with Crippen molar-refractivity contribution < 1.29 is 9.90 Å². The first-order chi connectivity index (χ1) is 5.54. The number of hydrogen-bond acceptors (Lipinski definition) is 2. The molecule has 0 unspecified atom stereocenters. The summed E-state index contributed by atoms with van der Waals surface area (Å²) in [4.78, 5) is 10.7. The normalized spacial score (nSPS) is 9.83. The summed E-state index contributed by atoms with van der Waals surface area (Å²) >= 11 is 11.1. The predicted octanol–water partition coefficient (Wildman–Crippen LogP) is 1.80. The minimum absolute atomic E-state index is 0.0239. The molecule has 0 spiro atoms. The molecule has 0 aliphatic carbocycles. The Bertz CT molecular complexity index is 338. The third-order valence-corrected chi connectivity index (χ3v) is 2.20. The van der Waals surface area contributed by atoms with Crippen molar-refractivity contribution in [3.63, 3.8) is 0 Å². The number of amides is 1. The summed E-state index contributed by atoms with van der Waals surface area (Å²) < 4.78 is 0. The first kappa shape index (κ1) is 9.16. The highest BCUT2D eigenvalue weighted by molar-refractivity contribution is 6.44. The Balaban J connectivity index is 3.36. The number of benzene rings is 1.